The van der Waals surface area contributed by atoms with Crippen molar-refractivity contribution in [3.8, 4) is 5.82 Å². The number of rotatable bonds is 7. The first-order chi connectivity index (χ1) is 15.5. The molecular formula is C25H31N5O2. The van der Waals surface area contributed by atoms with Crippen LogP contribution in [0, 0.1) is 0 Å². The smallest absolute Gasteiger partial charge is 0.255 e. The molecule has 0 spiro atoms. The summed E-state index contributed by atoms with van der Waals surface area (Å²) in [5, 5.41) is 17.1. The van der Waals surface area contributed by atoms with E-state index in [1.807, 2.05) is 18.2 Å². The summed E-state index contributed by atoms with van der Waals surface area (Å²) in [6, 6.07) is 14.0. The summed E-state index contributed by atoms with van der Waals surface area (Å²) < 4.78 is 1.74. The van der Waals surface area contributed by atoms with Crippen molar-refractivity contribution in [2.45, 2.75) is 51.8 Å². The minimum absolute atomic E-state index is 0.121. The maximum atomic E-state index is 12.9. The van der Waals surface area contributed by atoms with Gasteiger partial charge in [0.2, 0.25) is 0 Å². The van der Waals surface area contributed by atoms with Crippen molar-refractivity contribution in [3.05, 3.63) is 77.2 Å². The maximum Gasteiger partial charge on any atom is 0.255 e. The van der Waals surface area contributed by atoms with Crippen LogP contribution in [0.25, 0.3) is 5.82 Å². The van der Waals surface area contributed by atoms with Crippen LogP contribution in [0.4, 0.5) is 0 Å². The van der Waals surface area contributed by atoms with Gasteiger partial charge in [0.25, 0.3) is 5.91 Å². The highest BCUT2D eigenvalue weighted by atomic mass is 16.3. The van der Waals surface area contributed by atoms with E-state index in [2.05, 4.69) is 58.4 Å². The van der Waals surface area contributed by atoms with Crippen LogP contribution in [0.3, 0.4) is 0 Å². The number of nitrogens with zero attached hydrogens (tertiary/aromatic N) is 4. The van der Waals surface area contributed by atoms with Crippen molar-refractivity contribution < 1.29 is 9.90 Å². The number of aliphatic hydroxyl groups is 1. The number of nitrogens with one attached hydrogen (secondary N) is 1. The number of hydrogen-bond donors (Lipinski definition) is 2. The van der Waals surface area contributed by atoms with Gasteiger partial charge < -0.3 is 10.4 Å². The molecule has 3 aromatic rings. The van der Waals surface area contributed by atoms with Crippen LogP contribution in [0.15, 0.2) is 54.9 Å². The Morgan fingerprint density at radius 2 is 1.84 bits per heavy atom. The molecule has 4 rings (SSSR count). The van der Waals surface area contributed by atoms with Gasteiger partial charge in [-0.1, -0.05) is 44.2 Å². The molecule has 3 heterocycles. The number of aliphatic hydroxyl groups excluding tert-OH is 1. The number of pyridine rings is 1. The van der Waals surface area contributed by atoms with Crippen molar-refractivity contribution in [1.82, 2.24) is 25.0 Å². The second-order valence-corrected chi connectivity index (χ2v) is 8.70. The molecule has 2 aromatic heterocycles. The first-order valence-corrected chi connectivity index (χ1v) is 11.3. The zero-order valence-electron chi connectivity index (χ0n) is 18.7. The molecule has 7 heteroatoms. The second-order valence-electron chi connectivity index (χ2n) is 8.70. The molecule has 7 nitrogen and oxygen atoms in total. The average molecular weight is 434 g/mol. The predicted molar refractivity (Wildman–Crippen MR) is 124 cm³/mol. The molecule has 1 amide bonds. The summed E-state index contributed by atoms with van der Waals surface area (Å²) in [5.74, 6) is 0.691. The van der Waals surface area contributed by atoms with E-state index in [1.165, 1.54) is 5.56 Å². The van der Waals surface area contributed by atoms with Gasteiger partial charge in [-0.05, 0) is 42.0 Å². The monoisotopic (exact) mass is 433 g/mol. The molecular weight excluding hydrogens is 402 g/mol. The minimum Gasteiger partial charge on any atom is -0.393 e. The number of piperidine rings is 1. The molecule has 1 aliphatic heterocycles. The average Bonchev–Trinajstić information content (AvgIpc) is 3.26. The van der Waals surface area contributed by atoms with Crippen LogP contribution in [0.5, 0.6) is 0 Å². The van der Waals surface area contributed by atoms with E-state index < -0.39 is 0 Å². The lowest BCUT2D eigenvalue weighted by molar-refractivity contribution is 0.0792. The third kappa shape index (κ3) is 5.23. The minimum atomic E-state index is -0.149. The van der Waals surface area contributed by atoms with Gasteiger partial charge in [-0.25, -0.2) is 9.67 Å². The third-order valence-electron chi connectivity index (χ3n) is 5.90. The number of hydrogen-bond acceptors (Lipinski definition) is 5. The first kappa shape index (κ1) is 22.2. The highest BCUT2D eigenvalue weighted by Crippen LogP contribution is 2.22. The van der Waals surface area contributed by atoms with Crippen molar-refractivity contribution in [3.63, 3.8) is 0 Å². The Labute approximate surface area is 189 Å². The second kappa shape index (κ2) is 10.1. The van der Waals surface area contributed by atoms with Gasteiger partial charge >= 0.3 is 0 Å². The van der Waals surface area contributed by atoms with E-state index in [0.29, 0.717) is 17.9 Å². The van der Waals surface area contributed by atoms with Crippen LogP contribution < -0.4 is 5.32 Å². The molecule has 0 bridgehead atoms. The van der Waals surface area contributed by atoms with Gasteiger partial charge in [0.1, 0.15) is 0 Å². The van der Waals surface area contributed by atoms with Crippen molar-refractivity contribution in [2.75, 3.05) is 13.1 Å². The summed E-state index contributed by atoms with van der Waals surface area (Å²) in [7, 11) is 0. The highest BCUT2D eigenvalue weighted by Gasteiger charge is 2.21. The molecule has 2 N–H and O–H groups in total. The largest absolute Gasteiger partial charge is 0.393 e. The van der Waals surface area contributed by atoms with Gasteiger partial charge in [-0.15, -0.1) is 0 Å². The zero-order valence-corrected chi connectivity index (χ0v) is 18.7. The van der Waals surface area contributed by atoms with Gasteiger partial charge in [-0.3, -0.25) is 9.69 Å². The van der Waals surface area contributed by atoms with Gasteiger partial charge in [-0.2, -0.15) is 5.10 Å². The first-order valence-electron chi connectivity index (χ1n) is 11.3. The Morgan fingerprint density at radius 1 is 1.12 bits per heavy atom. The number of benzene rings is 1. The molecule has 0 atom stereocenters. The number of amides is 1. The summed E-state index contributed by atoms with van der Waals surface area (Å²) >= 11 is 0. The summed E-state index contributed by atoms with van der Waals surface area (Å²) in [6.07, 6.45) is 4.89. The van der Waals surface area contributed by atoms with Crippen LogP contribution >= 0.6 is 0 Å². The molecule has 1 aromatic carbocycles. The van der Waals surface area contributed by atoms with E-state index in [9.17, 15) is 9.90 Å². The SMILES string of the molecule is CC(C)c1c(C(=O)NCc2ccc(CN3CCC(O)CC3)cc2)cnn1-c1ccccn1. The zero-order chi connectivity index (χ0) is 22.5. The number of carbonyl (C=O) groups is 1. The lowest BCUT2D eigenvalue weighted by Gasteiger charge is -2.29. The molecule has 0 saturated carbocycles. The Kier molecular flexibility index (Phi) is 6.97. The lowest BCUT2D eigenvalue weighted by atomic mass is 10.0. The summed E-state index contributed by atoms with van der Waals surface area (Å²) in [5.41, 5.74) is 3.73. The van der Waals surface area contributed by atoms with Crippen LogP contribution in [-0.4, -0.2) is 49.9 Å². The van der Waals surface area contributed by atoms with Crippen molar-refractivity contribution in [2.24, 2.45) is 0 Å². The number of carbonyl (C=O) groups excluding carboxylic acids is 1. The van der Waals surface area contributed by atoms with E-state index >= 15 is 0 Å². The molecule has 0 unspecified atom stereocenters. The topological polar surface area (TPSA) is 83.3 Å². The molecule has 0 aliphatic carbocycles. The van der Waals surface area contributed by atoms with Gasteiger partial charge in [0.05, 0.1) is 23.6 Å². The van der Waals surface area contributed by atoms with E-state index in [0.717, 1.165) is 43.7 Å². The Hall–Kier alpha value is -3.03. The maximum absolute atomic E-state index is 12.9. The standard InChI is InChI=1S/C25H31N5O2/c1-18(2)24-22(16-28-30(24)23-5-3-4-12-26-23)25(32)27-15-19-6-8-20(9-7-19)17-29-13-10-21(31)11-14-29/h3-9,12,16,18,21,31H,10-11,13-15,17H2,1-2H3,(H,27,32). The van der Waals surface area contributed by atoms with Crippen LogP contribution in [0.2, 0.25) is 0 Å². The van der Waals surface area contributed by atoms with Crippen molar-refractivity contribution >= 4 is 5.91 Å². The molecule has 1 aliphatic rings. The predicted octanol–water partition coefficient (Wildman–Crippen LogP) is 3.28. The fourth-order valence-corrected chi connectivity index (χ4v) is 4.13. The molecule has 32 heavy (non-hydrogen) atoms. The Balaban J connectivity index is 1.38. The van der Waals surface area contributed by atoms with E-state index in [1.54, 1.807) is 17.1 Å². The summed E-state index contributed by atoms with van der Waals surface area (Å²) in [6.45, 7) is 7.32. The fourth-order valence-electron chi connectivity index (χ4n) is 4.13. The Bertz CT molecular complexity index is 1020. The molecule has 0 radical (unpaired) electrons. The van der Waals surface area contributed by atoms with Crippen LogP contribution in [0.1, 0.15) is 59.8 Å². The summed E-state index contributed by atoms with van der Waals surface area (Å²) in [4.78, 5) is 19.7. The van der Waals surface area contributed by atoms with Crippen LogP contribution in [-0.2, 0) is 13.1 Å². The normalized spacial score (nSPS) is 15.2. The number of aromatic nitrogens is 3. The quantitative estimate of drug-likeness (QED) is 0.598. The molecule has 168 valence electrons. The fraction of sp³-hybridized carbons (Fsp3) is 0.400. The number of likely N-dealkylation sites (tertiary alicyclic amines) is 1. The van der Waals surface area contributed by atoms with Gasteiger partial charge in [0.15, 0.2) is 5.82 Å². The molecule has 1 saturated heterocycles. The van der Waals surface area contributed by atoms with E-state index in [-0.39, 0.29) is 17.9 Å². The lowest BCUT2D eigenvalue weighted by Crippen LogP contribution is -2.35. The third-order valence-corrected chi connectivity index (χ3v) is 5.90. The van der Waals surface area contributed by atoms with Gasteiger partial charge in [0, 0.05) is 32.4 Å². The highest BCUT2D eigenvalue weighted by molar-refractivity contribution is 5.95. The van der Waals surface area contributed by atoms with E-state index in [4.69, 9.17) is 0 Å². The molecule has 1 fully saturated rings. The Morgan fingerprint density at radius 3 is 2.50 bits per heavy atom. The van der Waals surface area contributed by atoms with Crippen molar-refractivity contribution in [1.29, 1.82) is 0 Å².